The second-order valence-corrected chi connectivity index (χ2v) is 8.75. The molecule has 2 amide bonds. The summed E-state index contributed by atoms with van der Waals surface area (Å²) >= 11 is 0. The molecule has 0 aliphatic carbocycles. The van der Waals surface area contributed by atoms with E-state index in [1.54, 1.807) is 28.0 Å². The lowest BCUT2D eigenvalue weighted by Crippen LogP contribution is -2.52. The summed E-state index contributed by atoms with van der Waals surface area (Å²) in [5, 5.41) is 0. The van der Waals surface area contributed by atoms with Gasteiger partial charge >= 0.3 is 12.1 Å². The van der Waals surface area contributed by atoms with Gasteiger partial charge in [0, 0.05) is 26.2 Å². The molecule has 0 atom stereocenters. The number of esters is 1. The number of benzene rings is 1. The highest BCUT2D eigenvalue weighted by Crippen LogP contribution is 2.29. The molecule has 9 heteroatoms. The topological polar surface area (TPSA) is 94.6 Å². The van der Waals surface area contributed by atoms with Gasteiger partial charge in [-0.3, -0.25) is 9.59 Å². The highest BCUT2D eigenvalue weighted by atomic mass is 16.6. The Labute approximate surface area is 195 Å². The number of nitrogens with zero attached hydrogens (tertiary/aromatic N) is 2. The highest BCUT2D eigenvalue weighted by Gasteiger charge is 2.28. The van der Waals surface area contributed by atoms with Gasteiger partial charge in [-0.1, -0.05) is 13.0 Å². The van der Waals surface area contributed by atoms with Crippen LogP contribution in [0.15, 0.2) is 18.2 Å². The van der Waals surface area contributed by atoms with E-state index in [-0.39, 0.29) is 31.0 Å². The summed E-state index contributed by atoms with van der Waals surface area (Å²) in [5.74, 6) is 0.436. The predicted molar refractivity (Wildman–Crippen MR) is 122 cm³/mol. The molecule has 0 spiro atoms. The van der Waals surface area contributed by atoms with E-state index in [9.17, 15) is 14.4 Å². The lowest BCUT2D eigenvalue weighted by Gasteiger charge is -2.35. The van der Waals surface area contributed by atoms with E-state index < -0.39 is 5.60 Å². The minimum atomic E-state index is -0.554. The fourth-order valence-electron chi connectivity index (χ4n) is 3.18. The average Bonchev–Trinajstić information content (AvgIpc) is 2.76. The van der Waals surface area contributed by atoms with Crippen molar-refractivity contribution in [3.05, 3.63) is 23.8 Å². The van der Waals surface area contributed by atoms with Crippen LogP contribution in [0, 0.1) is 0 Å². The molecular weight excluding hydrogens is 428 g/mol. The summed E-state index contributed by atoms with van der Waals surface area (Å²) in [5.41, 5.74) is 0.193. The molecule has 1 saturated heterocycles. The molecule has 0 bridgehead atoms. The van der Waals surface area contributed by atoms with Crippen LogP contribution in [0.3, 0.4) is 0 Å². The van der Waals surface area contributed by atoms with Crippen molar-refractivity contribution in [1.82, 2.24) is 9.80 Å². The third-order valence-corrected chi connectivity index (χ3v) is 4.76. The van der Waals surface area contributed by atoms with Gasteiger partial charge in [-0.15, -0.1) is 0 Å². The number of amides is 2. The largest absolute Gasteiger partial charge is 0.490 e. The molecule has 1 aliphatic heterocycles. The van der Waals surface area contributed by atoms with Crippen molar-refractivity contribution in [2.24, 2.45) is 0 Å². The Morgan fingerprint density at radius 2 is 1.61 bits per heavy atom. The molecule has 0 radical (unpaired) electrons. The van der Waals surface area contributed by atoms with Gasteiger partial charge in [0.05, 0.1) is 19.6 Å². The molecule has 0 saturated carbocycles. The van der Waals surface area contributed by atoms with Gasteiger partial charge in [0.1, 0.15) is 5.60 Å². The average molecular weight is 465 g/mol. The molecule has 0 N–H and O–H groups in total. The lowest BCUT2D eigenvalue weighted by atomic mass is 10.1. The Balaban J connectivity index is 1.88. The first-order valence-corrected chi connectivity index (χ1v) is 11.4. The Hall–Kier alpha value is -2.97. The van der Waals surface area contributed by atoms with Gasteiger partial charge in [0.15, 0.2) is 18.1 Å². The lowest BCUT2D eigenvalue weighted by molar-refractivity contribution is -0.142. The van der Waals surface area contributed by atoms with Crippen LogP contribution >= 0.6 is 0 Å². The summed E-state index contributed by atoms with van der Waals surface area (Å²) in [6, 6.07) is 5.19. The maximum absolute atomic E-state index is 12.6. The van der Waals surface area contributed by atoms with Crippen molar-refractivity contribution in [3.8, 4) is 11.5 Å². The smallest absolute Gasteiger partial charge is 0.410 e. The van der Waals surface area contributed by atoms with Crippen molar-refractivity contribution in [3.63, 3.8) is 0 Å². The fourth-order valence-corrected chi connectivity index (χ4v) is 3.18. The maximum Gasteiger partial charge on any atom is 0.410 e. The summed E-state index contributed by atoms with van der Waals surface area (Å²) < 4.78 is 21.9. The van der Waals surface area contributed by atoms with Crippen molar-refractivity contribution in [2.45, 2.75) is 53.1 Å². The molecule has 1 heterocycles. The fraction of sp³-hybridized carbons (Fsp3) is 0.625. The minimum Gasteiger partial charge on any atom is -0.490 e. The Morgan fingerprint density at radius 3 is 2.21 bits per heavy atom. The van der Waals surface area contributed by atoms with Crippen LogP contribution < -0.4 is 9.47 Å². The Kier molecular flexibility index (Phi) is 9.81. The second-order valence-electron chi connectivity index (χ2n) is 8.75. The first-order valence-electron chi connectivity index (χ1n) is 11.4. The van der Waals surface area contributed by atoms with Crippen molar-refractivity contribution in [1.29, 1.82) is 0 Å². The quantitative estimate of drug-likeness (QED) is 0.519. The van der Waals surface area contributed by atoms with Crippen LogP contribution in [-0.4, -0.2) is 79.4 Å². The standard InChI is InChI=1S/C24H36N2O7/c1-6-14-31-22(28)16-18-8-9-19(20(15-18)30-7-2)32-17-21(27)25-10-12-26(13-11-25)23(29)33-24(3,4)5/h8-9,15H,6-7,10-14,16-17H2,1-5H3. The third-order valence-electron chi connectivity index (χ3n) is 4.76. The van der Waals surface area contributed by atoms with E-state index in [4.69, 9.17) is 18.9 Å². The van der Waals surface area contributed by atoms with Gasteiger partial charge in [-0.2, -0.15) is 0 Å². The maximum atomic E-state index is 12.6. The van der Waals surface area contributed by atoms with E-state index in [1.165, 1.54) is 0 Å². The first kappa shape index (κ1) is 26.3. The number of carbonyl (C=O) groups excluding carboxylic acids is 3. The van der Waals surface area contributed by atoms with Crippen LogP contribution in [0.25, 0.3) is 0 Å². The summed E-state index contributed by atoms with van der Waals surface area (Å²) in [6.07, 6.45) is 0.541. The Bertz CT molecular complexity index is 812. The van der Waals surface area contributed by atoms with Crippen molar-refractivity contribution >= 4 is 18.0 Å². The van der Waals surface area contributed by atoms with Gasteiger partial charge < -0.3 is 28.7 Å². The highest BCUT2D eigenvalue weighted by molar-refractivity contribution is 5.78. The zero-order valence-electron chi connectivity index (χ0n) is 20.3. The Morgan fingerprint density at radius 1 is 0.939 bits per heavy atom. The number of rotatable bonds is 9. The van der Waals surface area contributed by atoms with Crippen LogP contribution in [0.4, 0.5) is 4.79 Å². The molecule has 0 aromatic heterocycles. The molecule has 1 fully saturated rings. The minimum absolute atomic E-state index is 0.140. The molecule has 1 aliphatic rings. The predicted octanol–water partition coefficient (Wildman–Crippen LogP) is 3.04. The normalized spacial score (nSPS) is 14.0. The molecular formula is C24H36N2O7. The molecule has 33 heavy (non-hydrogen) atoms. The monoisotopic (exact) mass is 464 g/mol. The molecule has 2 rings (SSSR count). The van der Waals surface area contributed by atoms with E-state index >= 15 is 0 Å². The van der Waals surface area contributed by atoms with E-state index in [0.29, 0.717) is 50.9 Å². The second kappa shape index (κ2) is 12.3. The molecule has 1 aromatic rings. The van der Waals surface area contributed by atoms with E-state index in [1.807, 2.05) is 34.6 Å². The summed E-state index contributed by atoms with van der Waals surface area (Å²) in [4.78, 5) is 39.9. The van der Waals surface area contributed by atoms with Crippen molar-refractivity contribution < 1.29 is 33.3 Å². The molecule has 1 aromatic carbocycles. The van der Waals surface area contributed by atoms with E-state index in [0.717, 1.165) is 12.0 Å². The number of carbonyl (C=O) groups is 3. The first-order chi connectivity index (χ1) is 15.6. The number of ether oxygens (including phenoxy) is 4. The summed E-state index contributed by atoms with van der Waals surface area (Å²) in [6.45, 7) is 11.6. The van der Waals surface area contributed by atoms with Crippen LogP contribution in [0.5, 0.6) is 11.5 Å². The zero-order valence-corrected chi connectivity index (χ0v) is 20.3. The number of piperazine rings is 1. The van der Waals surface area contributed by atoms with Crippen LogP contribution in [0.2, 0.25) is 0 Å². The van der Waals surface area contributed by atoms with Gasteiger partial charge in [0.25, 0.3) is 5.91 Å². The zero-order chi connectivity index (χ0) is 24.4. The van der Waals surface area contributed by atoms with Crippen molar-refractivity contribution in [2.75, 3.05) is 46.0 Å². The molecule has 184 valence electrons. The van der Waals surface area contributed by atoms with Gasteiger partial charge in [-0.25, -0.2) is 4.79 Å². The summed E-state index contributed by atoms with van der Waals surface area (Å²) in [7, 11) is 0. The van der Waals surface area contributed by atoms with Crippen LogP contribution in [-0.2, 0) is 25.5 Å². The van der Waals surface area contributed by atoms with E-state index in [2.05, 4.69) is 0 Å². The third kappa shape index (κ3) is 8.82. The van der Waals surface area contributed by atoms with Crippen LogP contribution in [0.1, 0.15) is 46.6 Å². The molecule has 9 nitrogen and oxygen atoms in total. The van der Waals surface area contributed by atoms with Gasteiger partial charge in [0.2, 0.25) is 0 Å². The SMILES string of the molecule is CCCOC(=O)Cc1ccc(OCC(=O)N2CCN(C(=O)OC(C)(C)C)CC2)c(OCC)c1. The van der Waals surface area contributed by atoms with Gasteiger partial charge in [-0.05, 0) is 51.8 Å². The number of hydrogen-bond donors (Lipinski definition) is 0. The molecule has 0 unspecified atom stereocenters. The number of hydrogen-bond acceptors (Lipinski definition) is 7.